The maximum absolute atomic E-state index is 13.3. The van der Waals surface area contributed by atoms with E-state index in [1.165, 1.54) is 12.1 Å². The van der Waals surface area contributed by atoms with E-state index in [0.29, 0.717) is 39.4 Å². The molecule has 0 saturated carbocycles. The van der Waals surface area contributed by atoms with Crippen molar-refractivity contribution in [3.8, 4) is 22.2 Å². The van der Waals surface area contributed by atoms with Gasteiger partial charge in [0.2, 0.25) is 0 Å². The molecule has 4 heterocycles. The van der Waals surface area contributed by atoms with E-state index in [4.69, 9.17) is 9.73 Å². The molecule has 3 aromatic heterocycles. The molecule has 0 saturated heterocycles. The number of benzene rings is 4. The topological polar surface area (TPSA) is 184 Å². The van der Waals surface area contributed by atoms with Crippen LogP contribution in [0, 0.1) is 45.9 Å². The summed E-state index contributed by atoms with van der Waals surface area (Å²) in [5.41, 5.74) is 9.33. The molecule has 1 atom stereocenters. The number of aliphatic imine (C=N–C) groups is 1. The van der Waals surface area contributed by atoms with Crippen LogP contribution in [0.25, 0.3) is 27.0 Å². The number of carbonyl (C=O) groups is 2. The molecular weight excluding hydrogens is 833 g/mol. The average molecular weight is 879 g/mol. The van der Waals surface area contributed by atoms with Gasteiger partial charge in [-0.1, -0.05) is 48.5 Å². The van der Waals surface area contributed by atoms with E-state index in [1.54, 1.807) is 47.9 Å². The van der Waals surface area contributed by atoms with Gasteiger partial charge in [0, 0.05) is 39.7 Å². The van der Waals surface area contributed by atoms with Crippen molar-refractivity contribution in [1.82, 2.24) is 25.1 Å². The van der Waals surface area contributed by atoms with Crippen LogP contribution in [-0.4, -0.2) is 51.4 Å². The fourth-order valence-electron chi connectivity index (χ4n) is 7.87. The number of nitriles is 1. The van der Waals surface area contributed by atoms with Crippen molar-refractivity contribution in [1.29, 1.82) is 5.26 Å². The lowest BCUT2D eigenvalue weighted by Gasteiger charge is -2.21. The summed E-state index contributed by atoms with van der Waals surface area (Å²) in [6.45, 7) is 15.6. The van der Waals surface area contributed by atoms with E-state index in [2.05, 4.69) is 45.1 Å². The van der Waals surface area contributed by atoms with Crippen LogP contribution in [0.2, 0.25) is 0 Å². The third-order valence-corrected chi connectivity index (χ3v) is 13.6. The Morgan fingerprint density at radius 3 is 2.32 bits per heavy atom. The zero-order chi connectivity index (χ0) is 45.0. The summed E-state index contributed by atoms with van der Waals surface area (Å²) in [5.74, 6) is 0.682. The normalized spacial score (nSPS) is 13.7. The largest absolute Gasteiger partial charge is 0.460 e. The van der Waals surface area contributed by atoms with Crippen LogP contribution in [0.5, 0.6) is 0 Å². The third kappa shape index (κ3) is 8.39. The molecule has 1 unspecified atom stereocenters. The van der Waals surface area contributed by atoms with Crippen LogP contribution in [0.1, 0.15) is 99.1 Å². The molecule has 0 radical (unpaired) electrons. The SMILES string of the molecule is Cc1cc(C(=O)NCc2ccc(S(=O)(=O)Nc3ccc(C)c4c(C#N)c[nH]c34)cc2)ccc1-c1ccc(C2=NC(CC(=O)OC(C)(C)C)c3nnc(C)n3-c3sc(C)c(C)c32)cc1. The predicted molar refractivity (Wildman–Crippen MR) is 245 cm³/mol. The van der Waals surface area contributed by atoms with Gasteiger partial charge in [-0.2, -0.15) is 5.26 Å². The first-order chi connectivity index (χ1) is 29.9. The van der Waals surface area contributed by atoms with Crippen LogP contribution in [0.15, 0.2) is 94.9 Å². The number of aromatic nitrogens is 4. The number of hydrogen-bond donors (Lipinski definition) is 3. The number of nitrogens with zero attached hydrogens (tertiary/aromatic N) is 5. The number of sulfonamides is 1. The lowest BCUT2D eigenvalue weighted by molar-refractivity contribution is -0.155. The zero-order valence-electron chi connectivity index (χ0n) is 36.2. The second kappa shape index (κ2) is 16.4. The molecule has 0 aliphatic carbocycles. The summed E-state index contributed by atoms with van der Waals surface area (Å²) < 4.78 is 37.0. The van der Waals surface area contributed by atoms with Crippen molar-refractivity contribution in [3.05, 3.63) is 146 Å². The molecule has 7 aromatic rings. The number of aromatic amines is 1. The second-order valence-electron chi connectivity index (χ2n) is 16.7. The Bertz CT molecular complexity index is 3150. The summed E-state index contributed by atoms with van der Waals surface area (Å²) in [5, 5.41) is 22.9. The van der Waals surface area contributed by atoms with E-state index >= 15 is 0 Å². The molecule has 13 nitrogen and oxygen atoms in total. The van der Waals surface area contributed by atoms with Crippen LogP contribution < -0.4 is 10.0 Å². The minimum absolute atomic E-state index is 0.0110. The van der Waals surface area contributed by atoms with Gasteiger partial charge < -0.3 is 15.0 Å². The van der Waals surface area contributed by atoms with Gasteiger partial charge in [0.15, 0.2) is 5.82 Å². The summed E-state index contributed by atoms with van der Waals surface area (Å²) in [7, 11) is -3.95. The number of thiophene rings is 1. The number of ether oxygens (including phenoxy) is 1. The van der Waals surface area contributed by atoms with Crippen LogP contribution in [0.3, 0.4) is 0 Å². The minimum atomic E-state index is -3.95. The van der Waals surface area contributed by atoms with Crippen LogP contribution >= 0.6 is 11.3 Å². The smallest absolute Gasteiger partial charge is 0.308 e. The Kier molecular flexibility index (Phi) is 11.2. The first kappa shape index (κ1) is 42.8. The summed E-state index contributed by atoms with van der Waals surface area (Å²) >= 11 is 1.65. The molecule has 1 aliphatic heterocycles. The van der Waals surface area contributed by atoms with Crippen molar-refractivity contribution in [2.75, 3.05) is 4.72 Å². The van der Waals surface area contributed by atoms with Gasteiger partial charge in [0.1, 0.15) is 28.5 Å². The van der Waals surface area contributed by atoms with Gasteiger partial charge >= 0.3 is 5.97 Å². The Morgan fingerprint density at radius 1 is 0.921 bits per heavy atom. The van der Waals surface area contributed by atoms with Gasteiger partial charge in [0.25, 0.3) is 15.9 Å². The highest BCUT2D eigenvalue weighted by molar-refractivity contribution is 7.92. The Hall–Kier alpha value is -6.89. The molecule has 4 aromatic carbocycles. The highest BCUT2D eigenvalue weighted by Gasteiger charge is 2.33. The molecule has 0 bridgehead atoms. The number of amides is 1. The zero-order valence-corrected chi connectivity index (χ0v) is 37.8. The van der Waals surface area contributed by atoms with Gasteiger partial charge in [-0.3, -0.25) is 23.9 Å². The first-order valence-corrected chi connectivity index (χ1v) is 22.7. The minimum Gasteiger partial charge on any atom is -0.460 e. The fourth-order valence-corrected chi connectivity index (χ4v) is 10.2. The molecule has 8 rings (SSSR count). The molecule has 320 valence electrons. The maximum Gasteiger partial charge on any atom is 0.308 e. The number of carbonyl (C=O) groups excluding carboxylic acids is 2. The van der Waals surface area contributed by atoms with Crippen LogP contribution in [0.4, 0.5) is 5.69 Å². The van der Waals surface area contributed by atoms with E-state index in [0.717, 1.165) is 60.1 Å². The summed E-state index contributed by atoms with van der Waals surface area (Å²) in [6, 6.07) is 25.0. The van der Waals surface area contributed by atoms with Crippen molar-refractivity contribution in [2.24, 2.45) is 4.99 Å². The van der Waals surface area contributed by atoms with E-state index in [-0.39, 0.29) is 29.7 Å². The Labute approximate surface area is 369 Å². The quantitative estimate of drug-likeness (QED) is 0.114. The second-order valence-corrected chi connectivity index (χ2v) is 19.6. The number of fused-ring (bicyclic) bond motifs is 4. The van der Waals surface area contributed by atoms with Crippen molar-refractivity contribution in [3.63, 3.8) is 0 Å². The molecular formula is C48H46N8O5S2. The van der Waals surface area contributed by atoms with E-state index < -0.39 is 21.7 Å². The molecule has 3 N–H and O–H groups in total. The van der Waals surface area contributed by atoms with Gasteiger partial charge in [-0.25, -0.2) is 8.42 Å². The molecule has 0 spiro atoms. The van der Waals surface area contributed by atoms with Crippen molar-refractivity contribution in [2.45, 2.75) is 84.9 Å². The number of aryl methyl sites for hydroxylation is 4. The molecule has 1 aliphatic rings. The van der Waals surface area contributed by atoms with Gasteiger partial charge in [-0.05, 0) is 119 Å². The number of rotatable bonds is 10. The fraction of sp³-hybridized carbons (Fsp3) is 0.250. The number of nitrogens with one attached hydrogen (secondary N) is 3. The number of anilines is 1. The number of esters is 1. The van der Waals surface area contributed by atoms with Crippen molar-refractivity contribution >= 4 is 55.5 Å². The molecule has 63 heavy (non-hydrogen) atoms. The Balaban J connectivity index is 0.970. The standard InChI is InChI=1S/C48H46N8O5S2/c1-26-9-20-38(44-41(26)35(23-49)25-50-44)55-63(59,60)36-17-10-31(11-18-36)24-51-46(58)34-16-19-37(27(2)21-34)32-12-14-33(15-13-32)43-42-28(3)29(4)62-47(42)56-30(5)53-54-45(56)39(52-43)22-40(57)61-48(6,7)8/h9-21,25,39,50,55H,22,24H2,1-8H3,(H,51,58). The molecule has 1 amide bonds. The highest BCUT2D eigenvalue weighted by Crippen LogP contribution is 2.40. The number of hydrogen-bond acceptors (Lipinski definition) is 10. The summed E-state index contributed by atoms with van der Waals surface area (Å²) in [6.07, 6.45) is 1.57. The van der Waals surface area contributed by atoms with E-state index in [9.17, 15) is 23.3 Å². The monoisotopic (exact) mass is 878 g/mol. The van der Waals surface area contributed by atoms with E-state index in [1.807, 2.05) is 82.5 Å². The highest BCUT2D eigenvalue weighted by atomic mass is 32.2. The number of H-pyrrole nitrogens is 1. The molecule has 15 heteroatoms. The average Bonchev–Trinajstić information content (AvgIpc) is 3.91. The van der Waals surface area contributed by atoms with Crippen molar-refractivity contribution < 1.29 is 22.7 Å². The maximum atomic E-state index is 13.3. The van der Waals surface area contributed by atoms with Crippen LogP contribution in [-0.2, 0) is 26.1 Å². The third-order valence-electron chi connectivity index (χ3n) is 11.1. The summed E-state index contributed by atoms with van der Waals surface area (Å²) in [4.78, 5) is 36.0. The predicted octanol–water partition coefficient (Wildman–Crippen LogP) is 9.25. The van der Waals surface area contributed by atoms with Gasteiger partial charge in [-0.15, -0.1) is 21.5 Å². The Morgan fingerprint density at radius 2 is 1.63 bits per heavy atom. The first-order valence-electron chi connectivity index (χ1n) is 20.4. The van der Waals surface area contributed by atoms with Gasteiger partial charge in [0.05, 0.1) is 33.8 Å². The molecule has 0 fully saturated rings. The lowest BCUT2D eigenvalue weighted by Crippen LogP contribution is -2.25. The lowest BCUT2D eigenvalue weighted by atomic mass is 9.94.